The van der Waals surface area contributed by atoms with Crippen LogP contribution in [0.5, 0.6) is 0 Å². The zero-order valence-electron chi connectivity index (χ0n) is 5.42. The van der Waals surface area contributed by atoms with Gasteiger partial charge in [0.15, 0.2) is 0 Å². The Balaban J connectivity index is -0.0000000457. The topological polar surface area (TPSA) is 161 Å². The molecule has 0 unspecified atom stereocenters. The first-order valence-electron chi connectivity index (χ1n) is 1.33. The van der Waals surface area contributed by atoms with Gasteiger partial charge in [-0.05, 0) is 0 Å². The average Bonchev–Trinajstić information content (AvgIpc) is 1.12. The summed E-state index contributed by atoms with van der Waals surface area (Å²) in [7, 11) is -10.3. The van der Waals surface area contributed by atoms with Gasteiger partial charge in [0.25, 0.3) is 0 Å². The molecule has 0 aromatic carbocycles. The zero-order valence-corrected chi connectivity index (χ0v) is 15.7. The Morgan fingerprint density at radius 2 is 0.667 bits per heavy atom. The van der Waals surface area contributed by atoms with Crippen LogP contribution in [0.25, 0.3) is 0 Å². The third-order valence-electron chi connectivity index (χ3n) is 0. The van der Waals surface area contributed by atoms with Crippen molar-refractivity contribution in [2.24, 2.45) is 0 Å². The van der Waals surface area contributed by atoms with E-state index in [1.165, 1.54) is 0 Å². The summed E-state index contributed by atoms with van der Waals surface area (Å²) in [6.45, 7) is 0. The van der Waals surface area contributed by atoms with Gasteiger partial charge in [-0.25, -0.2) is 0 Å². The van der Waals surface area contributed by atoms with Crippen LogP contribution in [0.2, 0.25) is 0 Å². The van der Waals surface area contributed by atoms with Crippen molar-refractivity contribution in [2.45, 2.75) is 0 Å². The molecule has 0 aromatic rings. The first-order valence-corrected chi connectivity index (χ1v) is 4.00. The smallest absolute Gasteiger partial charge is 0.759 e. The Hall–Kier alpha value is 2.44. The van der Waals surface area contributed by atoms with E-state index in [2.05, 4.69) is 0 Å². The molecule has 0 rings (SSSR count). The van der Waals surface area contributed by atoms with Crippen molar-refractivity contribution < 1.29 is 124 Å². The van der Waals surface area contributed by atoms with Crippen LogP contribution in [0, 0.1) is 0 Å². The van der Waals surface area contributed by atoms with Crippen molar-refractivity contribution in [3.63, 3.8) is 0 Å². The van der Waals surface area contributed by atoms with E-state index in [0.29, 0.717) is 0 Å². The maximum absolute atomic E-state index is 8.52. The van der Waals surface area contributed by atoms with E-state index in [0.717, 1.165) is 0 Å². The molecule has 0 aliphatic carbocycles. The van der Waals surface area contributed by atoms with Gasteiger partial charge in [-0.2, -0.15) is 0 Å². The van der Waals surface area contributed by atoms with Crippen molar-refractivity contribution in [3.05, 3.63) is 0 Å². The van der Waals surface area contributed by atoms with Gasteiger partial charge in [-0.15, -0.1) is 0 Å². The molecule has 0 saturated carbocycles. The summed E-state index contributed by atoms with van der Waals surface area (Å²) in [5, 5.41) is 0. The first-order chi connectivity index (χ1) is 4.00. The number of rotatable bonds is 0. The van der Waals surface area contributed by atoms with Gasteiger partial charge < -0.3 is 18.2 Å². The molecule has 8 nitrogen and oxygen atoms in total. The SMILES string of the molecule is O=S(=O)([O-])[O-].O=S(=O)([O-])[O-].[Cs+].[Ir+3]. The average molecular weight is 517 g/mol. The van der Waals surface area contributed by atoms with Gasteiger partial charge in [0, 0.05) is 20.8 Å². The van der Waals surface area contributed by atoms with Gasteiger partial charge in [0.05, 0.1) is 0 Å². The van der Waals surface area contributed by atoms with Gasteiger partial charge >= 0.3 is 89.0 Å². The van der Waals surface area contributed by atoms with Crippen molar-refractivity contribution in [1.82, 2.24) is 0 Å². The summed E-state index contributed by atoms with van der Waals surface area (Å²) in [4.78, 5) is 0. The van der Waals surface area contributed by atoms with Crippen LogP contribution in [0.4, 0.5) is 0 Å². The predicted molar refractivity (Wildman–Crippen MR) is 20.9 cm³/mol. The minimum atomic E-state index is -5.17. The van der Waals surface area contributed by atoms with Crippen LogP contribution >= 0.6 is 0 Å². The quantitative estimate of drug-likeness (QED) is 0.227. The van der Waals surface area contributed by atoms with Crippen molar-refractivity contribution in [2.75, 3.05) is 0 Å². The fourth-order valence-electron chi connectivity index (χ4n) is 0. The molecule has 0 amide bonds. The molecule has 0 atom stereocenters. The van der Waals surface area contributed by atoms with Crippen LogP contribution in [0.3, 0.4) is 0 Å². The van der Waals surface area contributed by atoms with Crippen LogP contribution in [0.1, 0.15) is 0 Å². The largest absolute Gasteiger partial charge is 3.00 e. The molecule has 12 heavy (non-hydrogen) atoms. The molecule has 0 aliphatic rings. The fraction of sp³-hybridized carbons (Fsp3) is 0. The molecular weight excluding hydrogens is 517 g/mol. The Morgan fingerprint density at radius 1 is 0.667 bits per heavy atom. The van der Waals surface area contributed by atoms with Crippen LogP contribution in [-0.2, 0) is 40.9 Å². The second-order valence-electron chi connectivity index (χ2n) is 0.816. The molecule has 0 spiro atoms. The van der Waals surface area contributed by atoms with E-state index in [1.807, 2.05) is 0 Å². The standard InChI is InChI=1S/Cs.Ir.2H2O4S/c;;2*1-5(2,3)4/h;;2*(H2,1,2,3,4)/q+1;+3;;/p-4. The monoisotopic (exact) mass is 518 g/mol. The van der Waals surface area contributed by atoms with Gasteiger partial charge in [-0.1, -0.05) is 0 Å². The second kappa shape index (κ2) is 9.98. The molecule has 0 saturated heterocycles. The molecule has 12 heteroatoms. The van der Waals surface area contributed by atoms with Gasteiger partial charge in [0.1, 0.15) is 0 Å². The molecule has 0 aromatic heterocycles. The first kappa shape index (κ1) is 23.9. The molecule has 0 aliphatic heterocycles. The Bertz CT molecular complexity index is 213. The second-order valence-corrected chi connectivity index (χ2v) is 2.45. The van der Waals surface area contributed by atoms with Crippen LogP contribution in [-0.4, -0.2) is 35.0 Å². The Labute approximate surface area is 141 Å². The molecule has 0 heterocycles. The van der Waals surface area contributed by atoms with E-state index >= 15 is 0 Å². The van der Waals surface area contributed by atoms with E-state index in [4.69, 9.17) is 35.0 Å². The summed E-state index contributed by atoms with van der Waals surface area (Å²) in [6.07, 6.45) is 0. The third-order valence-corrected chi connectivity index (χ3v) is 0. The minimum Gasteiger partial charge on any atom is -0.759 e. The molecule has 0 bridgehead atoms. The summed E-state index contributed by atoms with van der Waals surface area (Å²) >= 11 is 0. The normalized spacial score (nSPS) is 9.67. The van der Waals surface area contributed by atoms with Crippen LogP contribution < -0.4 is 68.9 Å². The maximum Gasteiger partial charge on any atom is 3.00 e. The van der Waals surface area contributed by atoms with E-state index < -0.39 is 20.8 Å². The Morgan fingerprint density at radius 3 is 0.667 bits per heavy atom. The fourth-order valence-corrected chi connectivity index (χ4v) is 0. The van der Waals surface area contributed by atoms with E-state index in [1.54, 1.807) is 0 Å². The third kappa shape index (κ3) is 273. The van der Waals surface area contributed by atoms with Crippen molar-refractivity contribution >= 4 is 20.8 Å². The summed E-state index contributed by atoms with van der Waals surface area (Å²) in [6, 6.07) is 0. The zero-order chi connectivity index (χ0) is 9.00. The summed E-state index contributed by atoms with van der Waals surface area (Å²) < 4.78 is 68.2. The van der Waals surface area contributed by atoms with E-state index in [-0.39, 0.29) is 89.0 Å². The predicted octanol–water partition coefficient (Wildman–Crippen LogP) is -5.67. The van der Waals surface area contributed by atoms with Gasteiger partial charge in [-0.3, -0.25) is 16.8 Å². The number of hydrogen-bond acceptors (Lipinski definition) is 8. The maximum atomic E-state index is 8.52. The summed E-state index contributed by atoms with van der Waals surface area (Å²) in [5.74, 6) is 0. The molecule has 70 valence electrons. The van der Waals surface area contributed by atoms with Gasteiger partial charge in [0.2, 0.25) is 0 Å². The molecular formula is CsIrO8S2. The van der Waals surface area contributed by atoms with E-state index in [9.17, 15) is 0 Å². The van der Waals surface area contributed by atoms with Crippen LogP contribution in [0.15, 0.2) is 0 Å². The molecule has 0 N–H and O–H groups in total. The Kier molecular flexibility index (Phi) is 19.9. The van der Waals surface area contributed by atoms with Crippen molar-refractivity contribution in [3.8, 4) is 0 Å². The van der Waals surface area contributed by atoms with Crippen molar-refractivity contribution in [1.29, 1.82) is 0 Å². The molecule has 0 fully saturated rings. The molecule has 0 radical (unpaired) electrons. The summed E-state index contributed by atoms with van der Waals surface area (Å²) in [5.41, 5.74) is 0. The number of hydrogen-bond donors (Lipinski definition) is 0. The minimum absolute atomic E-state index is 0.